The second-order valence-electron chi connectivity index (χ2n) is 6.05. The number of carbonyl (C=O) groups excluding carboxylic acids is 1. The van der Waals surface area contributed by atoms with Gasteiger partial charge in [0.1, 0.15) is 17.6 Å². The number of nitrogens with one attached hydrogen (secondary N) is 1. The SMILES string of the molecule is O=C(Nc1cccc(Oc2ccccn2)c1)N1CCO[C@@H](c2ccco2)C1. The molecule has 4 rings (SSSR count). The molecule has 1 saturated heterocycles. The van der Waals surface area contributed by atoms with Crippen molar-refractivity contribution in [1.29, 1.82) is 0 Å². The highest BCUT2D eigenvalue weighted by Crippen LogP contribution is 2.25. The van der Waals surface area contributed by atoms with Gasteiger partial charge in [-0.3, -0.25) is 0 Å². The number of amides is 2. The van der Waals surface area contributed by atoms with Crippen LogP contribution in [0.25, 0.3) is 0 Å². The number of hydrogen-bond acceptors (Lipinski definition) is 5. The van der Waals surface area contributed by atoms with Crippen LogP contribution < -0.4 is 10.1 Å². The van der Waals surface area contributed by atoms with Crippen LogP contribution in [0.4, 0.5) is 10.5 Å². The van der Waals surface area contributed by atoms with Gasteiger partial charge in [-0.15, -0.1) is 0 Å². The lowest BCUT2D eigenvalue weighted by Gasteiger charge is -2.32. The second-order valence-corrected chi connectivity index (χ2v) is 6.05. The molecule has 0 bridgehead atoms. The molecule has 0 unspecified atom stereocenters. The lowest BCUT2D eigenvalue weighted by molar-refractivity contribution is -0.0242. The second kappa shape index (κ2) is 7.92. The fourth-order valence-corrected chi connectivity index (χ4v) is 2.85. The average molecular weight is 365 g/mol. The minimum atomic E-state index is -0.252. The van der Waals surface area contributed by atoms with Crippen LogP contribution >= 0.6 is 0 Å². The monoisotopic (exact) mass is 365 g/mol. The number of pyridine rings is 1. The van der Waals surface area contributed by atoms with E-state index < -0.39 is 0 Å². The Bertz CT molecular complexity index is 883. The van der Waals surface area contributed by atoms with Crippen molar-refractivity contribution in [3.05, 3.63) is 72.8 Å². The summed E-state index contributed by atoms with van der Waals surface area (Å²) < 4.78 is 16.8. The normalized spacial score (nSPS) is 16.7. The van der Waals surface area contributed by atoms with Gasteiger partial charge in [-0.25, -0.2) is 9.78 Å². The summed E-state index contributed by atoms with van der Waals surface area (Å²) in [6, 6.07) is 16.1. The number of benzene rings is 1. The zero-order valence-corrected chi connectivity index (χ0v) is 14.6. The van der Waals surface area contributed by atoms with Crippen LogP contribution in [0.1, 0.15) is 11.9 Å². The summed E-state index contributed by atoms with van der Waals surface area (Å²) in [6.45, 7) is 1.41. The van der Waals surface area contributed by atoms with Gasteiger partial charge in [-0.05, 0) is 30.3 Å². The van der Waals surface area contributed by atoms with E-state index in [1.54, 1.807) is 29.5 Å². The third-order valence-electron chi connectivity index (χ3n) is 4.16. The molecule has 1 aliphatic rings. The molecule has 0 saturated carbocycles. The Kier molecular flexibility index (Phi) is 5.02. The van der Waals surface area contributed by atoms with E-state index in [1.807, 2.05) is 42.5 Å². The largest absolute Gasteiger partial charge is 0.467 e. The first-order valence-electron chi connectivity index (χ1n) is 8.68. The number of furan rings is 1. The summed E-state index contributed by atoms with van der Waals surface area (Å²) in [4.78, 5) is 18.5. The predicted molar refractivity (Wildman–Crippen MR) is 98.7 cm³/mol. The van der Waals surface area contributed by atoms with E-state index in [4.69, 9.17) is 13.9 Å². The van der Waals surface area contributed by atoms with Gasteiger partial charge < -0.3 is 24.1 Å². The average Bonchev–Trinajstić information content (AvgIpc) is 3.24. The first kappa shape index (κ1) is 17.1. The number of hydrogen-bond donors (Lipinski definition) is 1. The first-order chi connectivity index (χ1) is 13.3. The van der Waals surface area contributed by atoms with Gasteiger partial charge in [-0.2, -0.15) is 0 Å². The number of urea groups is 1. The maximum atomic E-state index is 12.6. The summed E-state index contributed by atoms with van der Waals surface area (Å²) in [6.07, 6.45) is 3.01. The van der Waals surface area contributed by atoms with Crippen molar-refractivity contribution in [1.82, 2.24) is 9.88 Å². The number of nitrogens with zero attached hydrogens (tertiary/aromatic N) is 2. The molecule has 1 aromatic carbocycles. The van der Waals surface area contributed by atoms with Crippen molar-refractivity contribution in [3.8, 4) is 11.6 Å². The maximum Gasteiger partial charge on any atom is 0.322 e. The number of aromatic nitrogens is 1. The van der Waals surface area contributed by atoms with E-state index in [-0.39, 0.29) is 12.1 Å². The van der Waals surface area contributed by atoms with Gasteiger partial charge in [0.25, 0.3) is 0 Å². The minimum absolute atomic E-state index is 0.190. The van der Waals surface area contributed by atoms with Crippen LogP contribution in [-0.4, -0.2) is 35.6 Å². The molecule has 3 aromatic rings. The third-order valence-corrected chi connectivity index (χ3v) is 4.16. The third kappa shape index (κ3) is 4.27. The molecule has 0 aliphatic carbocycles. The van der Waals surface area contributed by atoms with E-state index >= 15 is 0 Å². The van der Waals surface area contributed by atoms with Crippen LogP contribution in [0.2, 0.25) is 0 Å². The Balaban J connectivity index is 1.40. The lowest BCUT2D eigenvalue weighted by atomic mass is 10.2. The summed E-state index contributed by atoms with van der Waals surface area (Å²) in [5.41, 5.74) is 0.648. The standard InChI is InChI=1S/C20H19N3O4/c24-20(23-10-12-26-18(14-23)17-7-4-11-25-17)22-15-5-3-6-16(13-15)27-19-8-1-2-9-21-19/h1-9,11,13,18H,10,12,14H2,(H,22,24)/t18-/m1/s1. The van der Waals surface area contributed by atoms with Gasteiger partial charge in [0.15, 0.2) is 0 Å². The van der Waals surface area contributed by atoms with Gasteiger partial charge in [0.05, 0.1) is 19.4 Å². The fourth-order valence-electron chi connectivity index (χ4n) is 2.85. The number of rotatable bonds is 4. The van der Waals surface area contributed by atoms with Crippen LogP contribution in [0.3, 0.4) is 0 Å². The minimum Gasteiger partial charge on any atom is -0.467 e. The van der Waals surface area contributed by atoms with Gasteiger partial charge in [0.2, 0.25) is 5.88 Å². The van der Waals surface area contributed by atoms with E-state index in [1.165, 1.54) is 0 Å². The number of anilines is 1. The first-order valence-corrected chi connectivity index (χ1v) is 8.68. The van der Waals surface area contributed by atoms with Crippen LogP contribution in [0.5, 0.6) is 11.6 Å². The molecule has 0 radical (unpaired) electrons. The fraction of sp³-hybridized carbons (Fsp3) is 0.200. The Hall–Kier alpha value is -3.32. The summed E-state index contributed by atoms with van der Waals surface area (Å²) in [5.74, 6) is 1.82. The molecular formula is C20H19N3O4. The highest BCUT2D eigenvalue weighted by Gasteiger charge is 2.27. The highest BCUT2D eigenvalue weighted by molar-refractivity contribution is 5.89. The predicted octanol–water partition coefficient (Wildman–Crippen LogP) is 4.07. The van der Waals surface area contributed by atoms with Gasteiger partial charge >= 0.3 is 6.03 Å². The zero-order valence-electron chi connectivity index (χ0n) is 14.6. The van der Waals surface area contributed by atoms with Crippen molar-refractivity contribution in [2.45, 2.75) is 6.10 Å². The van der Waals surface area contributed by atoms with Crippen molar-refractivity contribution in [3.63, 3.8) is 0 Å². The van der Waals surface area contributed by atoms with Gasteiger partial charge in [-0.1, -0.05) is 12.1 Å². The lowest BCUT2D eigenvalue weighted by Crippen LogP contribution is -2.44. The molecule has 7 heteroatoms. The van der Waals surface area contributed by atoms with Crippen molar-refractivity contribution >= 4 is 11.7 Å². The van der Waals surface area contributed by atoms with Crippen molar-refractivity contribution in [2.24, 2.45) is 0 Å². The molecule has 7 nitrogen and oxygen atoms in total. The maximum absolute atomic E-state index is 12.6. The molecule has 1 fully saturated rings. The molecule has 0 spiro atoms. The van der Waals surface area contributed by atoms with Crippen LogP contribution in [0, 0.1) is 0 Å². The Labute approximate surface area is 156 Å². The molecule has 2 amide bonds. The van der Waals surface area contributed by atoms with E-state index in [0.717, 1.165) is 5.76 Å². The Morgan fingerprint density at radius 1 is 1.19 bits per heavy atom. The van der Waals surface area contributed by atoms with Crippen molar-refractivity contribution < 1.29 is 18.7 Å². The number of morpholine rings is 1. The molecular weight excluding hydrogens is 346 g/mol. The summed E-state index contributed by atoms with van der Waals surface area (Å²) in [7, 11) is 0. The molecule has 3 heterocycles. The summed E-state index contributed by atoms with van der Waals surface area (Å²) in [5, 5.41) is 2.90. The summed E-state index contributed by atoms with van der Waals surface area (Å²) >= 11 is 0. The van der Waals surface area contributed by atoms with Crippen LogP contribution in [-0.2, 0) is 4.74 Å². The highest BCUT2D eigenvalue weighted by atomic mass is 16.5. The topological polar surface area (TPSA) is 76.8 Å². The quantitative estimate of drug-likeness (QED) is 0.754. The van der Waals surface area contributed by atoms with Crippen LogP contribution in [0.15, 0.2) is 71.5 Å². The Morgan fingerprint density at radius 2 is 2.15 bits per heavy atom. The number of carbonyl (C=O) groups is 1. The smallest absolute Gasteiger partial charge is 0.322 e. The molecule has 2 aromatic heterocycles. The molecule has 27 heavy (non-hydrogen) atoms. The molecule has 138 valence electrons. The number of ether oxygens (including phenoxy) is 2. The van der Waals surface area contributed by atoms with E-state index in [9.17, 15) is 4.79 Å². The molecule has 1 aliphatic heterocycles. The van der Waals surface area contributed by atoms with E-state index in [2.05, 4.69) is 10.3 Å². The van der Waals surface area contributed by atoms with Gasteiger partial charge in [0, 0.05) is 30.6 Å². The van der Waals surface area contributed by atoms with Crippen molar-refractivity contribution in [2.75, 3.05) is 25.0 Å². The van der Waals surface area contributed by atoms with E-state index in [0.29, 0.717) is 37.0 Å². The Morgan fingerprint density at radius 3 is 2.96 bits per heavy atom. The molecule has 1 atom stereocenters. The zero-order chi connectivity index (χ0) is 18.5. The molecule has 1 N–H and O–H groups in total.